The summed E-state index contributed by atoms with van der Waals surface area (Å²) in [6.45, 7) is 2.34. The minimum atomic E-state index is -0.389. The van der Waals surface area contributed by atoms with Gasteiger partial charge in [-0.2, -0.15) is 5.10 Å². The molecule has 3 aromatic rings. The average molecular weight is 258 g/mol. The molecule has 0 fully saturated rings. The molecule has 0 radical (unpaired) electrons. The van der Waals surface area contributed by atoms with Gasteiger partial charge in [-0.25, -0.2) is 4.79 Å². The number of hydrogen-bond acceptors (Lipinski definition) is 4. The lowest BCUT2D eigenvalue weighted by Crippen LogP contribution is -2.16. The Kier molecular flexibility index (Phi) is 2.45. The normalized spacial score (nSPS) is 11.3. The third-order valence-electron chi connectivity index (χ3n) is 3.11. The van der Waals surface area contributed by atoms with E-state index in [1.54, 1.807) is 27.4 Å². The van der Waals surface area contributed by atoms with Gasteiger partial charge < -0.3 is 10.2 Å². The second-order valence-electron chi connectivity index (χ2n) is 4.58. The van der Waals surface area contributed by atoms with Crippen molar-refractivity contribution >= 4 is 16.8 Å². The van der Waals surface area contributed by atoms with Crippen LogP contribution >= 0.6 is 0 Å². The van der Waals surface area contributed by atoms with Crippen LogP contribution in [0.25, 0.3) is 11.1 Å². The van der Waals surface area contributed by atoms with E-state index in [0.717, 1.165) is 16.9 Å². The number of aryl methyl sites for hydroxylation is 2. The largest absolute Gasteiger partial charge is 0.420 e. The van der Waals surface area contributed by atoms with Crippen molar-refractivity contribution < 1.29 is 4.42 Å². The maximum absolute atomic E-state index is 11.9. The van der Waals surface area contributed by atoms with Crippen LogP contribution in [0, 0.1) is 6.92 Å². The number of oxazole rings is 1. The van der Waals surface area contributed by atoms with Gasteiger partial charge in [0.05, 0.1) is 23.4 Å². The molecule has 0 spiro atoms. The van der Waals surface area contributed by atoms with Gasteiger partial charge in [-0.3, -0.25) is 9.25 Å². The van der Waals surface area contributed by atoms with Crippen LogP contribution in [0.1, 0.15) is 11.4 Å². The summed E-state index contributed by atoms with van der Waals surface area (Å²) in [6, 6.07) is 7.14. The van der Waals surface area contributed by atoms with E-state index in [2.05, 4.69) is 5.10 Å². The van der Waals surface area contributed by atoms with Crippen molar-refractivity contribution in [3.8, 4) is 0 Å². The van der Waals surface area contributed by atoms with Gasteiger partial charge in [0.25, 0.3) is 0 Å². The van der Waals surface area contributed by atoms with Crippen molar-refractivity contribution in [2.45, 2.75) is 13.5 Å². The molecule has 6 nitrogen and oxygen atoms in total. The summed E-state index contributed by atoms with van der Waals surface area (Å²) >= 11 is 0. The molecular weight excluding hydrogens is 244 g/mol. The van der Waals surface area contributed by atoms with E-state index in [1.165, 1.54) is 0 Å². The van der Waals surface area contributed by atoms with E-state index < -0.39 is 0 Å². The van der Waals surface area contributed by atoms with Crippen LogP contribution in [0.15, 0.2) is 33.5 Å². The highest BCUT2D eigenvalue weighted by Gasteiger charge is 2.12. The summed E-state index contributed by atoms with van der Waals surface area (Å²) in [5.74, 6) is -0.389. The number of anilines is 1. The second-order valence-corrected chi connectivity index (χ2v) is 4.58. The molecule has 0 saturated heterocycles. The molecule has 98 valence electrons. The maximum Gasteiger partial charge on any atom is 0.420 e. The van der Waals surface area contributed by atoms with Gasteiger partial charge in [0.2, 0.25) is 0 Å². The van der Waals surface area contributed by atoms with E-state index in [0.29, 0.717) is 17.8 Å². The Balaban J connectivity index is 2.13. The third kappa shape index (κ3) is 1.91. The Hall–Kier alpha value is -2.50. The molecule has 0 bridgehead atoms. The average Bonchev–Trinajstić information content (AvgIpc) is 2.80. The number of hydrogen-bond donors (Lipinski definition) is 1. The molecule has 2 N–H and O–H groups in total. The topological polar surface area (TPSA) is 79.0 Å². The molecule has 2 heterocycles. The van der Waals surface area contributed by atoms with E-state index in [9.17, 15) is 4.79 Å². The fourth-order valence-electron chi connectivity index (χ4n) is 2.21. The Bertz CT molecular complexity index is 810. The lowest BCUT2D eigenvalue weighted by molar-refractivity contribution is 0.511. The monoisotopic (exact) mass is 258 g/mol. The number of nitrogens with zero attached hydrogens (tertiary/aromatic N) is 3. The molecule has 6 heteroatoms. The molecule has 3 rings (SSSR count). The van der Waals surface area contributed by atoms with Gasteiger partial charge in [-0.05, 0) is 25.1 Å². The summed E-state index contributed by atoms with van der Waals surface area (Å²) in [7, 11) is 1.85. The van der Waals surface area contributed by atoms with Crippen LogP contribution < -0.4 is 11.5 Å². The predicted octanol–water partition coefficient (Wildman–Crippen LogP) is 1.27. The molecule has 0 aliphatic rings. The van der Waals surface area contributed by atoms with E-state index >= 15 is 0 Å². The highest BCUT2D eigenvalue weighted by atomic mass is 16.4. The van der Waals surface area contributed by atoms with Crippen molar-refractivity contribution in [2.24, 2.45) is 7.05 Å². The van der Waals surface area contributed by atoms with Crippen LogP contribution in [0.5, 0.6) is 0 Å². The quantitative estimate of drug-likeness (QED) is 0.702. The zero-order valence-electron chi connectivity index (χ0n) is 10.8. The lowest BCUT2D eigenvalue weighted by atomic mass is 10.3. The van der Waals surface area contributed by atoms with Crippen LogP contribution in [0.4, 0.5) is 5.69 Å². The Morgan fingerprint density at radius 1 is 1.37 bits per heavy atom. The molecule has 19 heavy (non-hydrogen) atoms. The van der Waals surface area contributed by atoms with Crippen LogP contribution in [0.3, 0.4) is 0 Å². The highest BCUT2D eigenvalue weighted by Crippen LogP contribution is 2.17. The van der Waals surface area contributed by atoms with E-state index in [-0.39, 0.29) is 5.76 Å². The number of fused-ring (bicyclic) bond motifs is 1. The van der Waals surface area contributed by atoms with Gasteiger partial charge in [0.15, 0.2) is 5.58 Å². The van der Waals surface area contributed by atoms with Crippen molar-refractivity contribution in [1.82, 2.24) is 14.3 Å². The lowest BCUT2D eigenvalue weighted by Gasteiger charge is -2.02. The van der Waals surface area contributed by atoms with Crippen molar-refractivity contribution in [2.75, 3.05) is 5.73 Å². The number of nitrogen functional groups attached to an aromatic ring is 1. The standard InChI is InChI=1S/C13H14N4O2/c1-8-5-10(16(2)15-8)7-17-11-4-3-9(14)6-12(11)19-13(17)18/h3-6H,7,14H2,1-2H3. The Morgan fingerprint density at radius 3 is 2.84 bits per heavy atom. The zero-order valence-corrected chi connectivity index (χ0v) is 10.8. The highest BCUT2D eigenvalue weighted by molar-refractivity contribution is 5.76. The molecule has 0 aliphatic carbocycles. The minimum Gasteiger partial charge on any atom is -0.408 e. The van der Waals surface area contributed by atoms with Gasteiger partial charge in [-0.1, -0.05) is 0 Å². The van der Waals surface area contributed by atoms with Crippen molar-refractivity contribution in [1.29, 1.82) is 0 Å². The molecule has 0 amide bonds. The smallest absolute Gasteiger partial charge is 0.408 e. The van der Waals surface area contributed by atoms with E-state index in [1.807, 2.05) is 20.0 Å². The van der Waals surface area contributed by atoms with Crippen LogP contribution in [0.2, 0.25) is 0 Å². The van der Waals surface area contributed by atoms with Crippen LogP contribution in [-0.4, -0.2) is 14.3 Å². The minimum absolute atomic E-state index is 0.389. The third-order valence-corrected chi connectivity index (χ3v) is 3.11. The summed E-state index contributed by atoms with van der Waals surface area (Å²) in [5, 5.41) is 4.27. The molecule has 0 saturated carbocycles. The Morgan fingerprint density at radius 2 is 2.16 bits per heavy atom. The van der Waals surface area contributed by atoms with Gasteiger partial charge in [0, 0.05) is 18.8 Å². The molecule has 0 aliphatic heterocycles. The van der Waals surface area contributed by atoms with Crippen molar-refractivity contribution in [3.05, 3.63) is 46.2 Å². The first-order valence-corrected chi connectivity index (χ1v) is 5.93. The van der Waals surface area contributed by atoms with Gasteiger partial charge >= 0.3 is 5.76 Å². The van der Waals surface area contributed by atoms with E-state index in [4.69, 9.17) is 10.2 Å². The van der Waals surface area contributed by atoms with Crippen molar-refractivity contribution in [3.63, 3.8) is 0 Å². The molecule has 2 aromatic heterocycles. The summed E-state index contributed by atoms with van der Waals surface area (Å²) < 4.78 is 8.53. The number of aromatic nitrogens is 3. The summed E-state index contributed by atoms with van der Waals surface area (Å²) in [5.41, 5.74) is 9.35. The number of nitrogens with two attached hydrogens (primary N) is 1. The maximum atomic E-state index is 11.9. The fourth-order valence-corrected chi connectivity index (χ4v) is 2.21. The number of benzene rings is 1. The molecule has 0 atom stereocenters. The first-order chi connectivity index (χ1) is 9.04. The first-order valence-electron chi connectivity index (χ1n) is 5.93. The Labute approximate surface area is 109 Å². The molecular formula is C13H14N4O2. The first kappa shape index (κ1) is 11.6. The summed E-state index contributed by atoms with van der Waals surface area (Å²) in [4.78, 5) is 11.9. The van der Waals surface area contributed by atoms with Crippen LogP contribution in [-0.2, 0) is 13.6 Å². The number of rotatable bonds is 2. The summed E-state index contributed by atoms with van der Waals surface area (Å²) in [6.07, 6.45) is 0. The zero-order chi connectivity index (χ0) is 13.6. The molecule has 0 unspecified atom stereocenters. The SMILES string of the molecule is Cc1cc(Cn2c(=O)oc3cc(N)ccc32)n(C)n1. The fraction of sp³-hybridized carbons (Fsp3) is 0.231. The predicted molar refractivity (Wildman–Crippen MR) is 71.9 cm³/mol. The molecule has 1 aromatic carbocycles. The van der Waals surface area contributed by atoms with Gasteiger partial charge in [-0.15, -0.1) is 0 Å². The van der Waals surface area contributed by atoms with Gasteiger partial charge in [0.1, 0.15) is 0 Å². The second kappa shape index (κ2) is 4.01.